The lowest BCUT2D eigenvalue weighted by atomic mass is 10.0. The molecule has 0 fully saturated rings. The fraction of sp³-hybridized carbons (Fsp3) is 0.353. The van der Waals surface area contributed by atoms with Crippen molar-refractivity contribution in [3.8, 4) is 0 Å². The molecule has 0 spiro atoms. The van der Waals surface area contributed by atoms with Gasteiger partial charge in [-0.2, -0.15) is 4.98 Å². The highest BCUT2D eigenvalue weighted by molar-refractivity contribution is 7.15. The molecule has 134 valence electrons. The Hall–Kier alpha value is -2.81. The first kappa shape index (κ1) is 16.6. The minimum absolute atomic E-state index is 0.189. The summed E-state index contributed by atoms with van der Waals surface area (Å²) >= 11 is 1.33. The third-order valence-electron chi connectivity index (χ3n) is 4.40. The molecule has 4 rings (SSSR count). The fourth-order valence-corrected chi connectivity index (χ4v) is 3.97. The van der Waals surface area contributed by atoms with Crippen molar-refractivity contribution in [1.82, 2.24) is 24.3 Å². The molecule has 1 amide bonds. The van der Waals surface area contributed by atoms with Crippen LogP contribution in [0.1, 0.15) is 27.6 Å². The Kier molecular flexibility index (Phi) is 3.95. The summed E-state index contributed by atoms with van der Waals surface area (Å²) in [5.41, 5.74) is 1.88. The van der Waals surface area contributed by atoms with Gasteiger partial charge in [-0.25, -0.2) is 9.97 Å². The predicted octanol–water partition coefficient (Wildman–Crippen LogP) is 1.12. The van der Waals surface area contributed by atoms with Crippen LogP contribution in [0.3, 0.4) is 0 Å². The maximum absolute atomic E-state index is 13.1. The first-order chi connectivity index (χ1) is 12.4. The van der Waals surface area contributed by atoms with Gasteiger partial charge in [-0.05, 0) is 13.3 Å². The second-order valence-corrected chi connectivity index (χ2v) is 7.30. The molecule has 0 unspecified atom stereocenters. The summed E-state index contributed by atoms with van der Waals surface area (Å²) in [5, 5.41) is 1.81. The van der Waals surface area contributed by atoms with Gasteiger partial charge in [-0.1, -0.05) is 0 Å². The number of nitrogens with zero attached hydrogens (tertiary/aromatic N) is 6. The first-order valence-corrected chi connectivity index (χ1v) is 9.12. The van der Waals surface area contributed by atoms with Crippen LogP contribution in [0.4, 0.5) is 5.82 Å². The standard InChI is InChI=1S/C17H18N6O2S/c1-10-18-12-9-22(5-4-11(12)15(19-10)21(2)3)16(25)13-8-14(24)20-17-23(13)6-7-26-17/h6-8H,4-5,9H2,1-3H3. The summed E-state index contributed by atoms with van der Waals surface area (Å²) in [4.78, 5) is 42.1. The minimum atomic E-state index is -0.402. The van der Waals surface area contributed by atoms with Crippen molar-refractivity contribution in [3.63, 3.8) is 0 Å². The molecule has 0 bridgehead atoms. The maximum Gasteiger partial charge on any atom is 0.274 e. The number of carbonyl (C=O) groups excluding carboxylic acids is 1. The van der Waals surface area contributed by atoms with Crippen molar-refractivity contribution in [2.75, 3.05) is 25.5 Å². The van der Waals surface area contributed by atoms with E-state index in [2.05, 4.69) is 15.0 Å². The molecule has 1 aliphatic rings. The molecule has 9 heteroatoms. The first-order valence-electron chi connectivity index (χ1n) is 8.24. The molecular weight excluding hydrogens is 352 g/mol. The van der Waals surface area contributed by atoms with Crippen molar-refractivity contribution in [3.05, 3.63) is 50.8 Å². The van der Waals surface area contributed by atoms with Crippen LogP contribution in [-0.4, -0.2) is 50.8 Å². The summed E-state index contributed by atoms with van der Waals surface area (Å²) in [5.74, 6) is 1.40. The zero-order valence-electron chi connectivity index (χ0n) is 14.8. The maximum atomic E-state index is 13.1. The number of fused-ring (bicyclic) bond motifs is 2. The lowest BCUT2D eigenvalue weighted by Gasteiger charge is -2.30. The number of aryl methyl sites for hydroxylation is 1. The van der Waals surface area contributed by atoms with Crippen molar-refractivity contribution < 1.29 is 4.79 Å². The van der Waals surface area contributed by atoms with E-state index in [1.807, 2.05) is 31.3 Å². The van der Waals surface area contributed by atoms with Gasteiger partial charge in [-0.3, -0.25) is 14.0 Å². The second kappa shape index (κ2) is 6.17. The highest BCUT2D eigenvalue weighted by Crippen LogP contribution is 2.26. The normalized spacial score (nSPS) is 13.7. The molecule has 3 aromatic rings. The van der Waals surface area contributed by atoms with Crippen LogP contribution in [0.15, 0.2) is 22.4 Å². The smallest absolute Gasteiger partial charge is 0.274 e. The van der Waals surface area contributed by atoms with Crippen LogP contribution in [0.25, 0.3) is 4.96 Å². The van der Waals surface area contributed by atoms with Gasteiger partial charge in [-0.15, -0.1) is 11.3 Å². The molecule has 0 aliphatic carbocycles. The molecule has 0 saturated heterocycles. The number of rotatable bonds is 2. The summed E-state index contributed by atoms with van der Waals surface area (Å²) in [6, 6.07) is 1.30. The van der Waals surface area contributed by atoms with Crippen molar-refractivity contribution in [1.29, 1.82) is 0 Å². The van der Waals surface area contributed by atoms with Gasteiger partial charge in [0.05, 0.1) is 12.2 Å². The SMILES string of the molecule is Cc1nc2c(c(N(C)C)n1)CCN(C(=O)c1cc(=O)nc3sccn13)C2. The molecule has 0 aromatic carbocycles. The van der Waals surface area contributed by atoms with Crippen LogP contribution >= 0.6 is 11.3 Å². The molecule has 0 saturated carbocycles. The number of carbonyl (C=O) groups is 1. The third kappa shape index (κ3) is 2.74. The molecule has 0 N–H and O–H groups in total. The van der Waals surface area contributed by atoms with E-state index >= 15 is 0 Å². The van der Waals surface area contributed by atoms with Crippen LogP contribution < -0.4 is 10.5 Å². The summed E-state index contributed by atoms with van der Waals surface area (Å²) in [7, 11) is 3.91. The second-order valence-electron chi connectivity index (χ2n) is 6.43. The average Bonchev–Trinajstić information content (AvgIpc) is 3.07. The highest BCUT2D eigenvalue weighted by atomic mass is 32.1. The predicted molar refractivity (Wildman–Crippen MR) is 98.9 cm³/mol. The Morgan fingerprint density at radius 2 is 2.08 bits per heavy atom. The van der Waals surface area contributed by atoms with Crippen LogP contribution in [0.5, 0.6) is 0 Å². The zero-order chi connectivity index (χ0) is 18.4. The molecule has 4 heterocycles. The zero-order valence-corrected chi connectivity index (χ0v) is 15.6. The van der Waals surface area contributed by atoms with E-state index in [4.69, 9.17) is 0 Å². The van der Waals surface area contributed by atoms with Crippen molar-refractivity contribution >= 4 is 28.0 Å². The Labute approximate surface area is 153 Å². The Bertz CT molecular complexity index is 1070. The van der Waals surface area contributed by atoms with Gasteiger partial charge < -0.3 is 9.80 Å². The number of hydrogen-bond acceptors (Lipinski definition) is 7. The van der Waals surface area contributed by atoms with Gasteiger partial charge in [0, 0.05) is 43.8 Å². The number of hydrogen-bond donors (Lipinski definition) is 0. The number of aromatic nitrogens is 4. The van der Waals surface area contributed by atoms with Gasteiger partial charge in [0.25, 0.3) is 11.5 Å². The Morgan fingerprint density at radius 3 is 2.85 bits per heavy atom. The van der Waals surface area contributed by atoms with Crippen LogP contribution in [0, 0.1) is 6.92 Å². The number of anilines is 1. The molecule has 0 radical (unpaired) electrons. The summed E-state index contributed by atoms with van der Waals surface area (Å²) in [6.07, 6.45) is 2.44. The van der Waals surface area contributed by atoms with Gasteiger partial charge >= 0.3 is 0 Å². The van der Waals surface area contributed by atoms with Gasteiger partial charge in [0.15, 0.2) is 4.96 Å². The van der Waals surface area contributed by atoms with Crippen molar-refractivity contribution in [2.45, 2.75) is 19.9 Å². The van der Waals surface area contributed by atoms with Crippen LogP contribution in [-0.2, 0) is 13.0 Å². The highest BCUT2D eigenvalue weighted by Gasteiger charge is 2.27. The van der Waals surface area contributed by atoms with Gasteiger partial charge in [0.2, 0.25) is 0 Å². The minimum Gasteiger partial charge on any atom is -0.362 e. The fourth-order valence-electron chi connectivity index (χ4n) is 3.25. The van der Waals surface area contributed by atoms with Gasteiger partial charge in [0.1, 0.15) is 17.3 Å². The average molecular weight is 370 g/mol. The topological polar surface area (TPSA) is 83.7 Å². The van der Waals surface area contributed by atoms with Crippen LogP contribution in [0.2, 0.25) is 0 Å². The molecule has 3 aromatic heterocycles. The summed E-state index contributed by atoms with van der Waals surface area (Å²) in [6.45, 7) is 2.81. The lowest BCUT2D eigenvalue weighted by Crippen LogP contribution is -2.38. The molecular formula is C17H18N6O2S. The van der Waals surface area contributed by atoms with E-state index in [0.717, 1.165) is 17.1 Å². The molecule has 0 atom stereocenters. The number of amides is 1. The molecule has 26 heavy (non-hydrogen) atoms. The largest absolute Gasteiger partial charge is 0.362 e. The number of thiazole rings is 1. The Balaban J connectivity index is 1.72. The third-order valence-corrected chi connectivity index (χ3v) is 5.16. The quantitative estimate of drug-likeness (QED) is 0.672. The van der Waals surface area contributed by atoms with E-state index < -0.39 is 5.56 Å². The summed E-state index contributed by atoms with van der Waals surface area (Å²) < 4.78 is 1.67. The van der Waals surface area contributed by atoms with E-state index in [-0.39, 0.29) is 5.91 Å². The molecule has 1 aliphatic heterocycles. The van der Waals surface area contributed by atoms with E-state index in [0.29, 0.717) is 36.0 Å². The Morgan fingerprint density at radius 1 is 1.27 bits per heavy atom. The monoisotopic (exact) mass is 370 g/mol. The lowest BCUT2D eigenvalue weighted by molar-refractivity contribution is 0.0724. The van der Waals surface area contributed by atoms with E-state index in [1.165, 1.54) is 17.4 Å². The van der Waals surface area contributed by atoms with E-state index in [9.17, 15) is 9.59 Å². The van der Waals surface area contributed by atoms with Crippen molar-refractivity contribution in [2.24, 2.45) is 0 Å². The van der Waals surface area contributed by atoms with E-state index in [1.54, 1.807) is 15.5 Å². The molecule has 8 nitrogen and oxygen atoms in total.